The van der Waals surface area contributed by atoms with Crippen LogP contribution in [0.4, 0.5) is 18.9 Å². The van der Waals surface area contributed by atoms with E-state index in [1.165, 1.54) is 18.2 Å². The number of ether oxygens (including phenoxy) is 1. The summed E-state index contributed by atoms with van der Waals surface area (Å²) in [5, 5.41) is 4.53. The van der Waals surface area contributed by atoms with Crippen molar-refractivity contribution >= 4 is 28.3 Å². The van der Waals surface area contributed by atoms with Crippen molar-refractivity contribution in [3.05, 3.63) is 138 Å². The van der Waals surface area contributed by atoms with Crippen LogP contribution < -0.4 is 20.7 Å². The Kier molecular flexibility index (Phi) is 9.79. The van der Waals surface area contributed by atoms with E-state index in [2.05, 4.69) is 5.32 Å². The minimum absolute atomic E-state index is 0.0490. The van der Waals surface area contributed by atoms with Gasteiger partial charge in [0, 0.05) is 25.9 Å². The third-order valence-electron chi connectivity index (χ3n) is 7.39. The fourth-order valence-corrected chi connectivity index (χ4v) is 5.13. The topological polar surface area (TPSA) is 84.7 Å². The number of nitrogens with zero attached hydrogens (tertiary/aromatic N) is 1. The molecular formula is C36H32F3N3O3. The van der Waals surface area contributed by atoms with Gasteiger partial charge in [-0.15, -0.1) is 0 Å². The van der Waals surface area contributed by atoms with E-state index in [4.69, 9.17) is 10.5 Å². The van der Waals surface area contributed by atoms with Crippen LogP contribution in [0.1, 0.15) is 35.1 Å². The Bertz CT molecular complexity index is 1800. The Hall–Kier alpha value is -5.15. The number of alkyl halides is 3. The van der Waals surface area contributed by atoms with Gasteiger partial charge in [0.25, 0.3) is 0 Å². The Morgan fingerprint density at radius 1 is 0.778 bits per heavy atom. The number of fused-ring (bicyclic) bond motifs is 1. The molecule has 2 amide bonds. The van der Waals surface area contributed by atoms with Crippen molar-refractivity contribution < 1.29 is 27.5 Å². The third kappa shape index (κ3) is 7.87. The summed E-state index contributed by atoms with van der Waals surface area (Å²) in [6, 6.07) is 33.3. The van der Waals surface area contributed by atoms with Crippen molar-refractivity contribution in [2.45, 2.75) is 38.7 Å². The van der Waals surface area contributed by atoms with Crippen molar-refractivity contribution in [1.82, 2.24) is 5.32 Å². The molecule has 0 atom stereocenters. The van der Waals surface area contributed by atoms with Crippen LogP contribution in [0.2, 0.25) is 0 Å². The van der Waals surface area contributed by atoms with Gasteiger partial charge in [0.2, 0.25) is 11.8 Å². The second-order valence-electron chi connectivity index (χ2n) is 10.5. The molecule has 0 aliphatic heterocycles. The number of hydrogen-bond acceptors (Lipinski definition) is 4. The number of rotatable bonds is 11. The molecule has 230 valence electrons. The molecule has 5 rings (SSSR count). The Morgan fingerprint density at radius 3 is 2.29 bits per heavy atom. The van der Waals surface area contributed by atoms with Gasteiger partial charge >= 0.3 is 6.18 Å². The Labute approximate surface area is 259 Å². The summed E-state index contributed by atoms with van der Waals surface area (Å²) >= 11 is 0. The van der Waals surface area contributed by atoms with Crippen LogP contribution in [0, 0.1) is 0 Å². The van der Waals surface area contributed by atoms with Crippen LogP contribution in [0.15, 0.2) is 115 Å². The number of halogens is 3. The second-order valence-corrected chi connectivity index (χ2v) is 10.5. The van der Waals surface area contributed by atoms with E-state index < -0.39 is 17.6 Å². The monoisotopic (exact) mass is 611 g/mol. The number of amides is 2. The van der Waals surface area contributed by atoms with Gasteiger partial charge in [-0.2, -0.15) is 13.2 Å². The number of nitrogens with one attached hydrogen (secondary N) is 1. The number of carbonyl (C=O) groups excluding carboxylic acids is 2. The first-order valence-electron chi connectivity index (χ1n) is 14.5. The molecule has 0 heterocycles. The molecule has 0 radical (unpaired) electrons. The summed E-state index contributed by atoms with van der Waals surface area (Å²) < 4.78 is 46.4. The van der Waals surface area contributed by atoms with Crippen LogP contribution in [0.3, 0.4) is 0 Å². The van der Waals surface area contributed by atoms with Crippen molar-refractivity contribution in [2.75, 3.05) is 4.90 Å². The van der Waals surface area contributed by atoms with Crippen LogP contribution in [-0.2, 0) is 35.4 Å². The largest absolute Gasteiger partial charge is 0.455 e. The lowest BCUT2D eigenvalue weighted by Gasteiger charge is -2.26. The van der Waals surface area contributed by atoms with Gasteiger partial charge in [0.1, 0.15) is 5.75 Å². The van der Waals surface area contributed by atoms with Gasteiger partial charge in [0.15, 0.2) is 5.75 Å². The summed E-state index contributed by atoms with van der Waals surface area (Å²) in [5.74, 6) is 0.115. The first-order valence-corrected chi connectivity index (χ1v) is 14.5. The van der Waals surface area contributed by atoms with Gasteiger partial charge in [-0.05, 0) is 57.8 Å². The van der Waals surface area contributed by atoms with Crippen molar-refractivity contribution in [3.8, 4) is 11.5 Å². The highest BCUT2D eigenvalue weighted by Crippen LogP contribution is 2.35. The zero-order chi connectivity index (χ0) is 31.8. The predicted molar refractivity (Wildman–Crippen MR) is 169 cm³/mol. The molecule has 0 bridgehead atoms. The summed E-state index contributed by atoms with van der Waals surface area (Å²) in [7, 11) is 0. The van der Waals surface area contributed by atoms with Crippen LogP contribution >= 0.6 is 0 Å². The normalized spacial score (nSPS) is 11.3. The average Bonchev–Trinajstić information content (AvgIpc) is 3.05. The molecule has 3 N–H and O–H groups in total. The van der Waals surface area contributed by atoms with Gasteiger partial charge in [-0.25, -0.2) is 0 Å². The van der Waals surface area contributed by atoms with E-state index >= 15 is 0 Å². The molecule has 5 aromatic rings. The molecule has 9 heteroatoms. The fourth-order valence-electron chi connectivity index (χ4n) is 5.13. The molecule has 0 fully saturated rings. The number of hydrogen-bond donors (Lipinski definition) is 2. The number of nitrogens with two attached hydrogens (primary N) is 1. The zero-order valence-electron chi connectivity index (χ0n) is 24.4. The van der Waals surface area contributed by atoms with Gasteiger partial charge < -0.3 is 20.7 Å². The number of para-hydroxylation sites is 2. The van der Waals surface area contributed by atoms with E-state index in [0.29, 0.717) is 23.7 Å². The Balaban J connectivity index is 1.38. The summed E-state index contributed by atoms with van der Waals surface area (Å²) in [4.78, 5) is 28.2. The van der Waals surface area contributed by atoms with Crippen LogP contribution in [0.5, 0.6) is 11.5 Å². The molecule has 5 aromatic carbocycles. The maximum absolute atomic E-state index is 13.9. The van der Waals surface area contributed by atoms with Crippen LogP contribution in [-0.4, -0.2) is 11.8 Å². The quantitative estimate of drug-likeness (QED) is 0.160. The number of carbonyl (C=O) groups is 2. The molecule has 0 aliphatic rings. The standard InChI is InChI=1S/C36H32F3N3O3/c37-36(38,39)31-16-4-2-11-27(31)23-41-34(43)19-20-35(44)42(24-28-13-8-12-26-10-1-3-15-30(26)28)32-17-5-6-18-33(32)45-29-14-7-9-25(21-29)22-40/h1-18,21H,19-20,22-24,40H2,(H,41,43). The zero-order valence-corrected chi connectivity index (χ0v) is 24.4. The minimum Gasteiger partial charge on any atom is -0.455 e. The highest BCUT2D eigenvalue weighted by molar-refractivity contribution is 5.97. The lowest BCUT2D eigenvalue weighted by atomic mass is 10.0. The third-order valence-corrected chi connectivity index (χ3v) is 7.39. The lowest BCUT2D eigenvalue weighted by molar-refractivity contribution is -0.138. The maximum atomic E-state index is 13.9. The van der Waals surface area contributed by atoms with E-state index in [0.717, 1.165) is 28.0 Å². The molecule has 0 unspecified atom stereocenters. The highest BCUT2D eigenvalue weighted by Gasteiger charge is 2.33. The molecule has 0 spiro atoms. The molecule has 0 aromatic heterocycles. The second kappa shape index (κ2) is 14.1. The predicted octanol–water partition coefficient (Wildman–Crippen LogP) is 7.74. The SMILES string of the molecule is NCc1cccc(Oc2ccccc2N(Cc2cccc3ccccc23)C(=O)CCC(=O)NCc2ccccc2C(F)(F)F)c1. The van der Waals surface area contributed by atoms with Gasteiger partial charge in [-0.1, -0.05) is 84.9 Å². The molecular weight excluding hydrogens is 579 g/mol. The van der Waals surface area contributed by atoms with E-state index in [-0.39, 0.29) is 37.4 Å². The van der Waals surface area contributed by atoms with Crippen molar-refractivity contribution in [2.24, 2.45) is 5.73 Å². The Morgan fingerprint density at radius 2 is 1.47 bits per heavy atom. The summed E-state index contributed by atoms with van der Waals surface area (Å²) in [6.07, 6.45) is -4.92. The van der Waals surface area contributed by atoms with Crippen LogP contribution in [0.25, 0.3) is 10.8 Å². The van der Waals surface area contributed by atoms with E-state index in [1.807, 2.05) is 60.7 Å². The number of anilines is 1. The van der Waals surface area contributed by atoms with Crippen molar-refractivity contribution in [1.29, 1.82) is 0 Å². The lowest BCUT2D eigenvalue weighted by Crippen LogP contribution is -2.32. The smallest absolute Gasteiger partial charge is 0.416 e. The van der Waals surface area contributed by atoms with E-state index in [1.54, 1.807) is 35.2 Å². The molecule has 45 heavy (non-hydrogen) atoms. The summed E-state index contributed by atoms with van der Waals surface area (Å²) in [6.45, 7) is 0.235. The molecule has 0 saturated heterocycles. The summed E-state index contributed by atoms with van der Waals surface area (Å²) in [5.41, 5.74) is 7.24. The minimum atomic E-state index is -4.54. The highest BCUT2D eigenvalue weighted by atomic mass is 19.4. The average molecular weight is 612 g/mol. The number of benzene rings is 5. The maximum Gasteiger partial charge on any atom is 0.416 e. The fraction of sp³-hybridized carbons (Fsp3) is 0.167. The first kappa shape index (κ1) is 31.3. The van der Waals surface area contributed by atoms with Crippen molar-refractivity contribution in [3.63, 3.8) is 0 Å². The first-order chi connectivity index (χ1) is 21.7. The molecule has 6 nitrogen and oxygen atoms in total. The van der Waals surface area contributed by atoms with E-state index in [9.17, 15) is 22.8 Å². The molecule has 0 saturated carbocycles. The van der Waals surface area contributed by atoms with Gasteiger partial charge in [0.05, 0.1) is 17.8 Å². The van der Waals surface area contributed by atoms with Gasteiger partial charge in [-0.3, -0.25) is 9.59 Å². The molecule has 0 aliphatic carbocycles.